The Morgan fingerprint density at radius 3 is 1.30 bits per heavy atom. The minimum absolute atomic E-state index is 0.0275. The number of nitrogens with zero attached hydrogens (tertiary/aromatic N) is 2. The lowest BCUT2D eigenvalue weighted by Gasteiger charge is -2.46. The van der Waals surface area contributed by atoms with Gasteiger partial charge in [0, 0.05) is 32.8 Å². The Hall–Kier alpha value is -3.66. The van der Waals surface area contributed by atoms with Crippen LogP contribution >= 0.6 is 23.2 Å². The van der Waals surface area contributed by atoms with E-state index in [1.807, 2.05) is 12.1 Å². The van der Waals surface area contributed by atoms with Crippen molar-refractivity contribution in [2.24, 2.45) is 0 Å². The molecule has 0 spiro atoms. The lowest BCUT2D eigenvalue weighted by molar-refractivity contribution is 0.590. The molecule has 0 N–H and O–H groups in total. The summed E-state index contributed by atoms with van der Waals surface area (Å²) in [5.41, 5.74) is 17.0. The van der Waals surface area contributed by atoms with Crippen molar-refractivity contribution >= 4 is 80.4 Å². The summed E-state index contributed by atoms with van der Waals surface area (Å²) >= 11 is 13.6. The molecule has 0 amide bonds. The fraction of sp³-hybridized carbons (Fsp3) is 0.211. The van der Waals surface area contributed by atoms with Gasteiger partial charge < -0.3 is 9.80 Å². The van der Waals surface area contributed by atoms with E-state index < -0.39 is 0 Å². The van der Waals surface area contributed by atoms with Crippen LogP contribution in [0.2, 0.25) is 10.0 Å². The second-order valence-electron chi connectivity index (χ2n) is 13.2. The van der Waals surface area contributed by atoms with Crippen LogP contribution in [0.3, 0.4) is 0 Å². The molecule has 5 heteroatoms. The standard InChI is InChI=1S/C38H35BCl2N2/c1-22-10-8-11-23(2)36(22)42-31-20-27(40)14-16-29(31)39-30-17-15-28(41)21-32(30)43(37-24(3)12-9-13-25(37)4)34-19-26(38(5,6)7)18-33(42)35(34)39/h8-21H,1-7H3. The highest BCUT2D eigenvalue weighted by Gasteiger charge is 2.44. The van der Waals surface area contributed by atoms with Crippen molar-refractivity contribution in [2.45, 2.75) is 53.9 Å². The molecular weight excluding hydrogens is 566 g/mol. The van der Waals surface area contributed by atoms with Gasteiger partial charge in [0.2, 0.25) is 0 Å². The highest BCUT2D eigenvalue weighted by atomic mass is 35.5. The van der Waals surface area contributed by atoms with E-state index in [1.165, 1.54) is 67.0 Å². The minimum atomic E-state index is -0.0802. The first-order valence-electron chi connectivity index (χ1n) is 15.0. The number of benzene rings is 5. The Morgan fingerprint density at radius 1 is 0.535 bits per heavy atom. The highest BCUT2D eigenvalue weighted by molar-refractivity contribution is 7.00. The van der Waals surface area contributed by atoms with Crippen LogP contribution in [0.25, 0.3) is 0 Å². The number of anilines is 6. The first-order valence-corrected chi connectivity index (χ1v) is 15.7. The summed E-state index contributed by atoms with van der Waals surface area (Å²) in [6.45, 7) is 15.8. The third kappa shape index (κ3) is 4.31. The molecule has 214 valence electrons. The van der Waals surface area contributed by atoms with Gasteiger partial charge >= 0.3 is 0 Å². The van der Waals surface area contributed by atoms with Gasteiger partial charge in [-0.25, -0.2) is 0 Å². The zero-order valence-corrected chi connectivity index (χ0v) is 27.3. The molecule has 0 unspecified atom stereocenters. The molecule has 0 radical (unpaired) electrons. The number of halogens is 2. The summed E-state index contributed by atoms with van der Waals surface area (Å²) < 4.78 is 0. The lowest BCUT2D eigenvalue weighted by Crippen LogP contribution is -2.61. The molecular formula is C38H35BCl2N2. The van der Waals surface area contributed by atoms with Crippen molar-refractivity contribution in [3.05, 3.63) is 123 Å². The lowest BCUT2D eigenvalue weighted by atomic mass is 9.33. The molecule has 5 aromatic rings. The smallest absolute Gasteiger partial charge is 0.252 e. The third-order valence-electron chi connectivity index (χ3n) is 9.19. The van der Waals surface area contributed by atoms with Crippen LogP contribution in [0.15, 0.2) is 84.9 Å². The van der Waals surface area contributed by atoms with Crippen LogP contribution < -0.4 is 26.2 Å². The van der Waals surface area contributed by atoms with Gasteiger partial charge in [0.05, 0.1) is 11.4 Å². The molecule has 0 bridgehead atoms. The van der Waals surface area contributed by atoms with Crippen LogP contribution in [-0.4, -0.2) is 6.71 Å². The first kappa shape index (κ1) is 28.1. The van der Waals surface area contributed by atoms with Crippen LogP contribution in [0.4, 0.5) is 34.1 Å². The van der Waals surface area contributed by atoms with E-state index in [4.69, 9.17) is 23.2 Å². The van der Waals surface area contributed by atoms with Gasteiger partial charge in [-0.15, -0.1) is 0 Å². The predicted octanol–water partition coefficient (Wildman–Crippen LogP) is 9.61. The van der Waals surface area contributed by atoms with E-state index >= 15 is 0 Å². The summed E-state index contributed by atoms with van der Waals surface area (Å²) in [4.78, 5) is 4.94. The average molecular weight is 601 g/mol. The molecule has 7 rings (SSSR count). The fourth-order valence-electron chi connectivity index (χ4n) is 7.17. The molecule has 0 fully saturated rings. The molecule has 0 aromatic heterocycles. The molecule has 2 heterocycles. The number of para-hydroxylation sites is 2. The molecule has 0 aliphatic carbocycles. The monoisotopic (exact) mass is 600 g/mol. The summed E-state index contributed by atoms with van der Waals surface area (Å²) in [5, 5.41) is 1.46. The number of fused-ring (bicyclic) bond motifs is 4. The Balaban J connectivity index is 1.68. The van der Waals surface area contributed by atoms with Gasteiger partial charge in [-0.1, -0.05) is 92.5 Å². The SMILES string of the molecule is Cc1cccc(C)c1N1c2cc(Cl)ccc2B2c3ccc(Cl)cc3N(c3c(C)cccc3C)c3cc(C(C)(C)C)cc1c32. The molecule has 2 aliphatic rings. The van der Waals surface area contributed by atoms with Gasteiger partial charge in [-0.05, 0) is 114 Å². The largest absolute Gasteiger partial charge is 0.311 e. The van der Waals surface area contributed by atoms with Gasteiger partial charge in [0.15, 0.2) is 0 Å². The van der Waals surface area contributed by atoms with E-state index in [9.17, 15) is 0 Å². The van der Waals surface area contributed by atoms with Gasteiger partial charge in [0.25, 0.3) is 6.71 Å². The Bertz CT molecular complexity index is 1780. The van der Waals surface area contributed by atoms with Gasteiger partial charge in [-0.3, -0.25) is 0 Å². The van der Waals surface area contributed by atoms with E-state index in [-0.39, 0.29) is 12.1 Å². The quantitative estimate of drug-likeness (QED) is 0.182. The molecule has 0 saturated heterocycles. The molecule has 0 atom stereocenters. The van der Waals surface area contributed by atoms with E-state index in [1.54, 1.807) is 0 Å². The average Bonchev–Trinajstić information content (AvgIpc) is 2.94. The summed E-state index contributed by atoms with van der Waals surface area (Å²) in [7, 11) is 0. The summed E-state index contributed by atoms with van der Waals surface area (Å²) in [6, 6.07) is 30.8. The van der Waals surface area contributed by atoms with Crippen LogP contribution in [0.5, 0.6) is 0 Å². The highest BCUT2D eigenvalue weighted by Crippen LogP contribution is 2.48. The normalized spacial score (nSPS) is 13.6. The molecule has 5 aromatic carbocycles. The second-order valence-corrected chi connectivity index (χ2v) is 14.0. The second kappa shape index (κ2) is 9.94. The van der Waals surface area contributed by atoms with E-state index in [0.717, 1.165) is 21.4 Å². The number of aryl methyl sites for hydroxylation is 4. The van der Waals surface area contributed by atoms with Crippen molar-refractivity contribution < 1.29 is 0 Å². The van der Waals surface area contributed by atoms with Gasteiger partial charge in [0.1, 0.15) is 0 Å². The number of rotatable bonds is 2. The third-order valence-corrected chi connectivity index (χ3v) is 9.66. The molecule has 43 heavy (non-hydrogen) atoms. The van der Waals surface area contributed by atoms with Crippen molar-refractivity contribution in [3.63, 3.8) is 0 Å². The summed E-state index contributed by atoms with van der Waals surface area (Å²) in [5.74, 6) is 0. The van der Waals surface area contributed by atoms with Crippen LogP contribution in [0, 0.1) is 27.7 Å². The maximum Gasteiger partial charge on any atom is 0.252 e. The Labute approximate surface area is 266 Å². The van der Waals surface area contributed by atoms with Crippen molar-refractivity contribution in [2.75, 3.05) is 9.80 Å². The van der Waals surface area contributed by atoms with E-state index in [0.29, 0.717) is 0 Å². The minimum Gasteiger partial charge on any atom is -0.311 e. The summed E-state index contributed by atoms with van der Waals surface area (Å²) in [6.07, 6.45) is 0. The van der Waals surface area contributed by atoms with Crippen molar-refractivity contribution in [3.8, 4) is 0 Å². The van der Waals surface area contributed by atoms with E-state index in [2.05, 4.69) is 131 Å². The van der Waals surface area contributed by atoms with Crippen molar-refractivity contribution in [1.82, 2.24) is 0 Å². The predicted molar refractivity (Wildman–Crippen MR) is 188 cm³/mol. The maximum atomic E-state index is 6.78. The number of hydrogen-bond donors (Lipinski definition) is 0. The zero-order chi connectivity index (χ0) is 30.4. The number of hydrogen-bond acceptors (Lipinski definition) is 2. The van der Waals surface area contributed by atoms with Crippen molar-refractivity contribution in [1.29, 1.82) is 0 Å². The molecule has 0 saturated carbocycles. The fourth-order valence-corrected chi connectivity index (χ4v) is 7.50. The van der Waals surface area contributed by atoms with Gasteiger partial charge in [-0.2, -0.15) is 0 Å². The molecule has 2 nitrogen and oxygen atoms in total. The van der Waals surface area contributed by atoms with Crippen LogP contribution in [0.1, 0.15) is 48.6 Å². The maximum absolute atomic E-state index is 6.78. The van der Waals surface area contributed by atoms with Crippen LogP contribution in [-0.2, 0) is 5.41 Å². The Kier molecular flexibility index (Phi) is 6.50. The zero-order valence-electron chi connectivity index (χ0n) is 25.8. The topological polar surface area (TPSA) is 6.48 Å². The Morgan fingerprint density at radius 2 is 0.930 bits per heavy atom. The first-order chi connectivity index (χ1) is 20.5. The molecule has 2 aliphatic heterocycles.